The number of rotatable bonds is 6. The number of carbonyl (C=O) groups is 2. The van der Waals surface area contributed by atoms with Crippen LogP contribution in [-0.2, 0) is 10.2 Å². The topological polar surface area (TPSA) is 123 Å². The number of amides is 2. The molecule has 0 unspecified atom stereocenters. The summed E-state index contributed by atoms with van der Waals surface area (Å²) in [5.74, 6) is -0.867. The van der Waals surface area contributed by atoms with Crippen molar-refractivity contribution >= 4 is 40.3 Å². The van der Waals surface area contributed by atoms with E-state index in [-0.39, 0.29) is 23.3 Å². The number of nitro benzene ring substituents is 1. The molecule has 9 nitrogen and oxygen atoms in total. The zero-order valence-electron chi connectivity index (χ0n) is 21.9. The van der Waals surface area contributed by atoms with E-state index in [0.717, 1.165) is 0 Å². The number of ether oxygens (including phenoxy) is 1. The van der Waals surface area contributed by atoms with Gasteiger partial charge in [0.1, 0.15) is 5.82 Å². The van der Waals surface area contributed by atoms with Crippen LogP contribution in [0.2, 0.25) is 0 Å². The van der Waals surface area contributed by atoms with E-state index < -0.39 is 16.2 Å². The normalized spacial score (nSPS) is 12.2. The van der Waals surface area contributed by atoms with Crippen LogP contribution in [-0.4, -0.2) is 23.8 Å². The Balaban J connectivity index is 1.47. The number of nitrogens with one attached hydrogen (secondary N) is 3. The largest absolute Gasteiger partial charge is 0.490 e. The van der Waals surface area contributed by atoms with Crippen LogP contribution in [0.1, 0.15) is 29.8 Å². The maximum atomic E-state index is 13.3. The summed E-state index contributed by atoms with van der Waals surface area (Å²) in [5, 5.41) is 20.3. The van der Waals surface area contributed by atoms with Crippen molar-refractivity contribution in [1.29, 1.82) is 0 Å². The number of fused-ring (bicyclic) bond motifs is 2. The molecule has 1 aliphatic rings. The van der Waals surface area contributed by atoms with Crippen molar-refractivity contribution in [3.05, 3.63) is 106 Å². The number of nitrogens with zero attached hydrogens (tertiary/aromatic N) is 1. The Kier molecular flexibility index (Phi) is 6.68. The van der Waals surface area contributed by atoms with E-state index in [1.54, 1.807) is 62.4 Å². The van der Waals surface area contributed by atoms with Crippen molar-refractivity contribution in [1.82, 2.24) is 0 Å². The average molecular weight is 541 g/mol. The van der Waals surface area contributed by atoms with Gasteiger partial charge in [0.05, 0.1) is 40.1 Å². The van der Waals surface area contributed by atoms with Gasteiger partial charge in [0, 0.05) is 11.8 Å². The van der Waals surface area contributed by atoms with E-state index in [2.05, 4.69) is 16.0 Å². The standard InChI is InChI=1S/C30H25FN4O5/c1-30(2,29(37)32-21-9-7-20(31)8-10-21)19-6-12-23-25(16-19)33-24-14-17(4-11-22(24)28(36)34-23)18-5-13-26(35(38)39)27(15-18)40-3/h4-16,33H,1-3H3,(H,32,37)(H,34,36). The molecule has 4 aromatic rings. The number of benzene rings is 4. The molecular weight excluding hydrogens is 515 g/mol. The number of hydrogen-bond acceptors (Lipinski definition) is 6. The molecule has 0 spiro atoms. The Morgan fingerprint density at radius 3 is 2.30 bits per heavy atom. The molecule has 40 heavy (non-hydrogen) atoms. The van der Waals surface area contributed by atoms with Crippen LogP contribution in [0.15, 0.2) is 78.9 Å². The second-order valence-electron chi connectivity index (χ2n) is 9.83. The van der Waals surface area contributed by atoms with Crippen molar-refractivity contribution in [2.24, 2.45) is 0 Å². The van der Waals surface area contributed by atoms with Gasteiger partial charge in [0.25, 0.3) is 5.91 Å². The zero-order valence-corrected chi connectivity index (χ0v) is 21.9. The maximum absolute atomic E-state index is 13.3. The first-order valence-corrected chi connectivity index (χ1v) is 12.3. The molecule has 4 aromatic carbocycles. The van der Waals surface area contributed by atoms with E-state index in [4.69, 9.17) is 4.74 Å². The lowest BCUT2D eigenvalue weighted by molar-refractivity contribution is -0.385. The molecule has 10 heteroatoms. The van der Waals surface area contributed by atoms with Crippen molar-refractivity contribution in [2.45, 2.75) is 19.3 Å². The van der Waals surface area contributed by atoms with Crippen molar-refractivity contribution in [3.63, 3.8) is 0 Å². The van der Waals surface area contributed by atoms with E-state index in [1.807, 2.05) is 0 Å². The summed E-state index contributed by atoms with van der Waals surface area (Å²) in [6.07, 6.45) is 0. The van der Waals surface area contributed by atoms with Gasteiger partial charge in [-0.15, -0.1) is 0 Å². The summed E-state index contributed by atoms with van der Waals surface area (Å²) >= 11 is 0. The number of methoxy groups -OCH3 is 1. The lowest BCUT2D eigenvalue weighted by Crippen LogP contribution is -2.34. The Labute approximate surface area is 229 Å². The van der Waals surface area contributed by atoms with Gasteiger partial charge >= 0.3 is 5.69 Å². The molecule has 0 saturated heterocycles. The highest BCUT2D eigenvalue weighted by atomic mass is 19.1. The molecule has 0 fully saturated rings. The van der Waals surface area contributed by atoms with Gasteiger partial charge in [0.2, 0.25) is 5.91 Å². The summed E-state index contributed by atoms with van der Waals surface area (Å²) in [4.78, 5) is 37.0. The molecule has 0 atom stereocenters. The van der Waals surface area contributed by atoms with Crippen LogP contribution >= 0.6 is 0 Å². The second-order valence-corrected chi connectivity index (χ2v) is 9.83. The molecule has 1 aliphatic heterocycles. The molecular formula is C30H25FN4O5. The number of carbonyl (C=O) groups excluding carboxylic acids is 2. The first kappa shape index (κ1) is 26.4. The van der Waals surface area contributed by atoms with E-state index in [0.29, 0.717) is 45.0 Å². The van der Waals surface area contributed by atoms with Crippen LogP contribution in [0.25, 0.3) is 11.1 Å². The molecule has 0 bridgehead atoms. The molecule has 0 aromatic heterocycles. The van der Waals surface area contributed by atoms with Crippen LogP contribution in [0.5, 0.6) is 5.75 Å². The molecule has 2 amide bonds. The minimum Gasteiger partial charge on any atom is -0.490 e. The minimum absolute atomic E-state index is 0.124. The first-order valence-electron chi connectivity index (χ1n) is 12.3. The van der Waals surface area contributed by atoms with Gasteiger partial charge in [-0.1, -0.05) is 12.1 Å². The quantitative estimate of drug-likeness (QED) is 0.186. The summed E-state index contributed by atoms with van der Waals surface area (Å²) in [7, 11) is 1.37. The molecule has 0 aliphatic carbocycles. The van der Waals surface area contributed by atoms with Gasteiger partial charge < -0.3 is 20.7 Å². The van der Waals surface area contributed by atoms with Gasteiger partial charge in [-0.05, 0) is 91.2 Å². The Morgan fingerprint density at radius 2 is 1.60 bits per heavy atom. The molecule has 1 heterocycles. The van der Waals surface area contributed by atoms with Crippen LogP contribution in [0.4, 0.5) is 32.8 Å². The van der Waals surface area contributed by atoms with Crippen molar-refractivity contribution in [3.8, 4) is 16.9 Å². The molecule has 3 N–H and O–H groups in total. The SMILES string of the molecule is COc1cc(-c2ccc3c(c2)Nc2cc(C(C)(C)C(=O)Nc4ccc(F)cc4)ccc2NC3=O)ccc1[N+](=O)[O-]. The van der Waals surface area contributed by atoms with Crippen LogP contribution in [0, 0.1) is 15.9 Å². The van der Waals surface area contributed by atoms with Gasteiger partial charge in [-0.3, -0.25) is 19.7 Å². The van der Waals surface area contributed by atoms with Gasteiger partial charge in [0.15, 0.2) is 5.75 Å². The Morgan fingerprint density at radius 1 is 0.900 bits per heavy atom. The lowest BCUT2D eigenvalue weighted by atomic mass is 9.83. The minimum atomic E-state index is -0.971. The van der Waals surface area contributed by atoms with E-state index >= 15 is 0 Å². The second kappa shape index (κ2) is 10.1. The fourth-order valence-electron chi connectivity index (χ4n) is 4.47. The number of nitro groups is 1. The maximum Gasteiger partial charge on any atom is 0.310 e. The van der Waals surface area contributed by atoms with Crippen molar-refractivity contribution < 1.29 is 23.6 Å². The first-order chi connectivity index (χ1) is 19.1. The summed E-state index contributed by atoms with van der Waals surface area (Å²) in [6, 6.07) is 20.6. The number of halogens is 1. The zero-order chi connectivity index (χ0) is 28.6. The Bertz CT molecular complexity index is 1670. The van der Waals surface area contributed by atoms with E-state index in [9.17, 15) is 24.1 Å². The summed E-state index contributed by atoms with van der Waals surface area (Å²) < 4.78 is 18.5. The smallest absolute Gasteiger partial charge is 0.310 e. The predicted octanol–water partition coefficient (Wildman–Crippen LogP) is 6.64. The van der Waals surface area contributed by atoms with Gasteiger partial charge in [-0.2, -0.15) is 0 Å². The molecule has 0 radical (unpaired) electrons. The van der Waals surface area contributed by atoms with Crippen LogP contribution in [0.3, 0.4) is 0 Å². The number of anilines is 4. The number of hydrogen-bond donors (Lipinski definition) is 3. The average Bonchev–Trinajstić information content (AvgIpc) is 3.08. The fraction of sp³-hybridized carbons (Fsp3) is 0.133. The van der Waals surface area contributed by atoms with Gasteiger partial charge in [-0.25, -0.2) is 4.39 Å². The lowest BCUT2D eigenvalue weighted by Gasteiger charge is -2.25. The third-order valence-corrected chi connectivity index (χ3v) is 6.90. The van der Waals surface area contributed by atoms with E-state index in [1.165, 1.54) is 37.4 Å². The highest BCUT2D eigenvalue weighted by Crippen LogP contribution is 2.39. The van der Waals surface area contributed by atoms with Crippen LogP contribution < -0.4 is 20.7 Å². The summed E-state index contributed by atoms with van der Waals surface area (Å²) in [5.41, 5.74) is 3.49. The molecule has 0 saturated carbocycles. The third kappa shape index (κ3) is 4.94. The monoisotopic (exact) mass is 540 g/mol. The predicted molar refractivity (Wildman–Crippen MR) is 151 cm³/mol. The highest BCUT2D eigenvalue weighted by molar-refractivity contribution is 6.12. The summed E-state index contributed by atoms with van der Waals surface area (Å²) in [6.45, 7) is 3.55. The fourth-order valence-corrected chi connectivity index (χ4v) is 4.47. The molecule has 5 rings (SSSR count). The highest BCUT2D eigenvalue weighted by Gasteiger charge is 2.31. The Hall–Kier alpha value is -5.25. The third-order valence-electron chi connectivity index (χ3n) is 6.90. The van der Waals surface area contributed by atoms with Crippen molar-refractivity contribution in [2.75, 3.05) is 23.1 Å². The molecule has 202 valence electrons.